The van der Waals surface area contributed by atoms with Crippen molar-refractivity contribution in [3.8, 4) is 17.6 Å². The summed E-state index contributed by atoms with van der Waals surface area (Å²) in [5.41, 5.74) is 0.800. The summed E-state index contributed by atoms with van der Waals surface area (Å²) in [5.74, 6) is 0.0127. The van der Waals surface area contributed by atoms with Gasteiger partial charge in [-0.25, -0.2) is 0 Å². The molecule has 0 aliphatic rings. The molecule has 1 rings (SSSR count). The van der Waals surface area contributed by atoms with Gasteiger partial charge in [-0.2, -0.15) is 5.26 Å². The average Bonchev–Trinajstić information content (AvgIpc) is 2.26. The van der Waals surface area contributed by atoms with Crippen LogP contribution in [0.1, 0.15) is 5.56 Å². The zero-order valence-corrected chi connectivity index (χ0v) is 8.47. The number of phenolic OH excluding ortho intramolecular Hbond substituents is 1. The number of rotatable bonds is 4. The second-order valence-corrected chi connectivity index (χ2v) is 3.22. The van der Waals surface area contributed by atoms with Crippen LogP contribution in [0.15, 0.2) is 18.2 Å². The standard InChI is InChI=1S/C11H13NO3/c1-15-11-3-2-8(5-10(11)14)4-9(6-12)7-13/h2-3,5,9,13-14H,4,7H2,1H3. The predicted octanol–water partition coefficient (Wildman–Crippen LogP) is 1.08. The Morgan fingerprint density at radius 2 is 2.27 bits per heavy atom. The Morgan fingerprint density at radius 1 is 1.53 bits per heavy atom. The van der Waals surface area contributed by atoms with Crippen LogP contribution in [0.5, 0.6) is 11.5 Å². The number of aromatic hydroxyl groups is 1. The van der Waals surface area contributed by atoms with Crippen LogP contribution in [0.3, 0.4) is 0 Å². The number of hydrogen-bond acceptors (Lipinski definition) is 4. The molecule has 0 spiro atoms. The fourth-order valence-electron chi connectivity index (χ4n) is 1.30. The number of methoxy groups -OCH3 is 1. The lowest BCUT2D eigenvalue weighted by Crippen LogP contribution is -2.06. The molecule has 0 bridgehead atoms. The first-order valence-corrected chi connectivity index (χ1v) is 4.57. The molecule has 1 aromatic rings. The zero-order valence-electron chi connectivity index (χ0n) is 8.47. The fourth-order valence-corrected chi connectivity index (χ4v) is 1.30. The topological polar surface area (TPSA) is 73.5 Å². The highest BCUT2D eigenvalue weighted by Crippen LogP contribution is 2.27. The van der Waals surface area contributed by atoms with Crippen LogP contribution < -0.4 is 4.74 Å². The number of aliphatic hydroxyl groups excluding tert-OH is 1. The Kier molecular flexibility index (Phi) is 3.95. The molecule has 1 atom stereocenters. The summed E-state index contributed by atoms with van der Waals surface area (Å²) in [7, 11) is 1.47. The summed E-state index contributed by atoms with van der Waals surface area (Å²) in [6.45, 7) is -0.177. The zero-order chi connectivity index (χ0) is 11.3. The molecule has 0 aliphatic heterocycles. The first kappa shape index (κ1) is 11.3. The normalized spacial score (nSPS) is 11.8. The van der Waals surface area contributed by atoms with E-state index < -0.39 is 5.92 Å². The summed E-state index contributed by atoms with van der Waals surface area (Å²) in [4.78, 5) is 0. The molecule has 0 heterocycles. The van der Waals surface area contributed by atoms with E-state index >= 15 is 0 Å². The van der Waals surface area contributed by atoms with Gasteiger partial charge in [0, 0.05) is 0 Å². The second-order valence-electron chi connectivity index (χ2n) is 3.22. The molecule has 4 heteroatoms. The van der Waals surface area contributed by atoms with E-state index in [0.717, 1.165) is 5.56 Å². The molecule has 1 unspecified atom stereocenters. The Morgan fingerprint density at radius 3 is 2.73 bits per heavy atom. The van der Waals surface area contributed by atoms with E-state index in [0.29, 0.717) is 12.2 Å². The van der Waals surface area contributed by atoms with Crippen LogP contribution in [0.25, 0.3) is 0 Å². The molecule has 0 fully saturated rings. The third-order valence-corrected chi connectivity index (χ3v) is 2.13. The van der Waals surface area contributed by atoms with Crippen molar-refractivity contribution < 1.29 is 14.9 Å². The number of nitrogens with zero attached hydrogens (tertiary/aromatic N) is 1. The minimum atomic E-state index is -0.433. The third kappa shape index (κ3) is 2.86. The predicted molar refractivity (Wildman–Crippen MR) is 54.6 cm³/mol. The maximum absolute atomic E-state index is 9.48. The number of nitriles is 1. The molecular formula is C11H13NO3. The van der Waals surface area contributed by atoms with Gasteiger partial charge in [0.2, 0.25) is 0 Å². The first-order valence-electron chi connectivity index (χ1n) is 4.57. The second kappa shape index (κ2) is 5.23. The van der Waals surface area contributed by atoms with E-state index in [-0.39, 0.29) is 12.4 Å². The van der Waals surface area contributed by atoms with Crippen molar-refractivity contribution in [3.05, 3.63) is 23.8 Å². The van der Waals surface area contributed by atoms with Crippen molar-refractivity contribution in [1.82, 2.24) is 0 Å². The fraction of sp³-hybridized carbons (Fsp3) is 0.364. The molecular weight excluding hydrogens is 194 g/mol. The summed E-state index contributed by atoms with van der Waals surface area (Å²) < 4.78 is 4.89. The number of ether oxygens (including phenoxy) is 1. The molecule has 0 saturated heterocycles. The average molecular weight is 207 g/mol. The van der Waals surface area contributed by atoms with Gasteiger partial charge in [-0.15, -0.1) is 0 Å². The lowest BCUT2D eigenvalue weighted by Gasteiger charge is -2.08. The highest BCUT2D eigenvalue weighted by Gasteiger charge is 2.09. The Balaban J connectivity index is 2.80. The molecule has 0 radical (unpaired) electrons. The Labute approximate surface area is 88.4 Å². The molecule has 0 aliphatic carbocycles. The van der Waals surface area contributed by atoms with Crippen molar-refractivity contribution in [3.63, 3.8) is 0 Å². The van der Waals surface area contributed by atoms with Crippen LogP contribution in [0.4, 0.5) is 0 Å². The molecule has 0 saturated carbocycles. The molecule has 0 aromatic heterocycles. The lowest BCUT2D eigenvalue weighted by molar-refractivity contribution is 0.255. The van der Waals surface area contributed by atoms with Crippen molar-refractivity contribution in [2.24, 2.45) is 5.92 Å². The van der Waals surface area contributed by atoms with Crippen LogP contribution in [0.2, 0.25) is 0 Å². The largest absolute Gasteiger partial charge is 0.504 e. The van der Waals surface area contributed by atoms with E-state index in [1.165, 1.54) is 7.11 Å². The lowest BCUT2D eigenvalue weighted by atomic mass is 10.0. The van der Waals surface area contributed by atoms with E-state index in [1.807, 2.05) is 6.07 Å². The molecule has 80 valence electrons. The monoisotopic (exact) mass is 207 g/mol. The quantitative estimate of drug-likeness (QED) is 0.774. The van der Waals surface area contributed by atoms with Gasteiger partial charge in [0.15, 0.2) is 11.5 Å². The maximum Gasteiger partial charge on any atom is 0.160 e. The maximum atomic E-state index is 9.48. The molecule has 2 N–H and O–H groups in total. The van der Waals surface area contributed by atoms with Gasteiger partial charge >= 0.3 is 0 Å². The highest BCUT2D eigenvalue weighted by atomic mass is 16.5. The van der Waals surface area contributed by atoms with Crippen molar-refractivity contribution in [1.29, 1.82) is 5.26 Å². The number of hydrogen-bond donors (Lipinski definition) is 2. The summed E-state index contributed by atoms with van der Waals surface area (Å²) in [6.07, 6.45) is 0.421. The van der Waals surface area contributed by atoms with E-state index in [1.54, 1.807) is 18.2 Å². The summed E-state index contributed by atoms with van der Waals surface area (Å²) >= 11 is 0. The third-order valence-electron chi connectivity index (χ3n) is 2.13. The SMILES string of the molecule is COc1ccc(CC(C#N)CO)cc1O. The summed E-state index contributed by atoms with van der Waals surface area (Å²) in [5, 5.41) is 27.0. The Bertz CT molecular complexity index is 371. The van der Waals surface area contributed by atoms with Gasteiger partial charge in [0.25, 0.3) is 0 Å². The van der Waals surface area contributed by atoms with Crippen LogP contribution in [0, 0.1) is 17.2 Å². The van der Waals surface area contributed by atoms with Crippen LogP contribution in [-0.2, 0) is 6.42 Å². The van der Waals surface area contributed by atoms with Crippen LogP contribution >= 0.6 is 0 Å². The van der Waals surface area contributed by atoms with E-state index in [2.05, 4.69) is 0 Å². The molecule has 0 amide bonds. The van der Waals surface area contributed by atoms with Gasteiger partial charge in [-0.05, 0) is 24.1 Å². The van der Waals surface area contributed by atoms with Gasteiger partial charge in [-0.1, -0.05) is 6.07 Å². The minimum absolute atomic E-state index is 0.0460. The van der Waals surface area contributed by atoms with Gasteiger partial charge in [0.05, 0.1) is 25.7 Å². The minimum Gasteiger partial charge on any atom is -0.504 e. The number of phenols is 1. The summed E-state index contributed by atoms with van der Waals surface area (Å²) in [6, 6.07) is 6.92. The van der Waals surface area contributed by atoms with Gasteiger partial charge in [0.1, 0.15) is 0 Å². The highest BCUT2D eigenvalue weighted by molar-refractivity contribution is 5.41. The number of aliphatic hydroxyl groups is 1. The van der Waals surface area contributed by atoms with E-state index in [9.17, 15) is 5.11 Å². The van der Waals surface area contributed by atoms with Crippen molar-refractivity contribution in [2.45, 2.75) is 6.42 Å². The van der Waals surface area contributed by atoms with Gasteiger partial charge in [-0.3, -0.25) is 0 Å². The number of benzene rings is 1. The van der Waals surface area contributed by atoms with E-state index in [4.69, 9.17) is 15.1 Å². The van der Waals surface area contributed by atoms with Crippen molar-refractivity contribution in [2.75, 3.05) is 13.7 Å². The Hall–Kier alpha value is -1.73. The smallest absolute Gasteiger partial charge is 0.160 e. The molecule has 15 heavy (non-hydrogen) atoms. The molecule has 1 aromatic carbocycles. The molecule has 4 nitrogen and oxygen atoms in total. The van der Waals surface area contributed by atoms with Crippen LogP contribution in [-0.4, -0.2) is 23.9 Å². The van der Waals surface area contributed by atoms with Crippen molar-refractivity contribution >= 4 is 0 Å². The first-order chi connectivity index (χ1) is 7.21. The van der Waals surface area contributed by atoms with Gasteiger partial charge < -0.3 is 14.9 Å².